The average Bonchev–Trinajstić information content (AvgIpc) is 3.04. The van der Waals surface area contributed by atoms with Crippen LogP contribution in [0.5, 0.6) is 0 Å². The van der Waals surface area contributed by atoms with Gasteiger partial charge < -0.3 is 4.90 Å². The lowest BCUT2D eigenvalue weighted by molar-refractivity contribution is 1.04. The molecule has 0 saturated heterocycles. The monoisotopic (exact) mass is 326 g/mol. The zero-order valence-corrected chi connectivity index (χ0v) is 14.8. The number of aryl methyl sites for hydroxylation is 2. The first kappa shape index (κ1) is 15.7. The standard InChI is InChI=1S/C23H22N2/c1-4-16-7-8-18-15-25(23(6-3)21(18)13-16)19-9-10-20-17(5-2)11-12-24-22(20)14-19/h7-14H,3-5,15H2,1-2H3. The molecule has 0 aliphatic carbocycles. The molecule has 1 aliphatic heterocycles. The number of pyridine rings is 1. The summed E-state index contributed by atoms with van der Waals surface area (Å²) in [5.41, 5.74) is 11.7. The number of fused-ring (bicyclic) bond motifs is 2. The summed E-state index contributed by atoms with van der Waals surface area (Å²) in [6, 6.07) is 15.4. The van der Waals surface area contributed by atoms with Crippen LogP contribution in [0.25, 0.3) is 16.6 Å². The van der Waals surface area contributed by atoms with Gasteiger partial charge in [0.2, 0.25) is 0 Å². The first-order valence-corrected chi connectivity index (χ1v) is 8.92. The lowest BCUT2D eigenvalue weighted by Gasteiger charge is -2.19. The molecule has 0 bridgehead atoms. The van der Waals surface area contributed by atoms with E-state index in [2.05, 4.69) is 78.5 Å². The number of aromatic nitrogens is 1. The fourth-order valence-electron chi connectivity index (χ4n) is 3.68. The minimum absolute atomic E-state index is 0.857. The summed E-state index contributed by atoms with van der Waals surface area (Å²) in [6.45, 7) is 9.17. The molecule has 2 heteroatoms. The number of hydrogen-bond acceptors (Lipinski definition) is 2. The van der Waals surface area contributed by atoms with E-state index < -0.39 is 0 Å². The van der Waals surface area contributed by atoms with Crippen LogP contribution in [0.4, 0.5) is 5.69 Å². The van der Waals surface area contributed by atoms with Gasteiger partial charge in [0.25, 0.3) is 0 Å². The predicted octanol–water partition coefficient (Wildman–Crippen LogP) is 5.51. The normalized spacial score (nSPS) is 13.2. The summed E-state index contributed by atoms with van der Waals surface area (Å²) in [5, 5.41) is 1.24. The van der Waals surface area contributed by atoms with Crippen LogP contribution < -0.4 is 4.90 Å². The molecule has 3 aromatic rings. The van der Waals surface area contributed by atoms with Crippen molar-refractivity contribution in [1.82, 2.24) is 4.98 Å². The molecule has 1 aliphatic rings. The summed E-state index contributed by atoms with van der Waals surface area (Å²) in [6.07, 6.45) is 3.96. The van der Waals surface area contributed by atoms with E-state index in [4.69, 9.17) is 0 Å². The average molecular weight is 326 g/mol. The van der Waals surface area contributed by atoms with Gasteiger partial charge in [-0.05, 0) is 53.8 Å². The van der Waals surface area contributed by atoms with Crippen molar-refractivity contribution in [3.63, 3.8) is 0 Å². The second-order valence-corrected chi connectivity index (χ2v) is 6.48. The maximum atomic E-state index is 4.58. The van der Waals surface area contributed by atoms with Crippen molar-refractivity contribution in [1.29, 1.82) is 0 Å². The van der Waals surface area contributed by atoms with Crippen LogP contribution in [0, 0.1) is 0 Å². The van der Waals surface area contributed by atoms with E-state index in [9.17, 15) is 0 Å². The zero-order chi connectivity index (χ0) is 17.4. The van der Waals surface area contributed by atoms with Crippen molar-refractivity contribution in [2.75, 3.05) is 4.90 Å². The molecular formula is C23H22N2. The summed E-state index contributed by atoms with van der Waals surface area (Å²) in [4.78, 5) is 6.87. The summed E-state index contributed by atoms with van der Waals surface area (Å²) >= 11 is 0. The van der Waals surface area contributed by atoms with E-state index >= 15 is 0 Å². The number of nitrogens with zero attached hydrogens (tertiary/aromatic N) is 2. The van der Waals surface area contributed by atoms with Gasteiger partial charge in [0.1, 0.15) is 0 Å². The Labute approximate surface area is 149 Å². The van der Waals surface area contributed by atoms with Gasteiger partial charge in [-0.1, -0.05) is 38.6 Å². The molecule has 2 nitrogen and oxygen atoms in total. The van der Waals surface area contributed by atoms with Crippen LogP contribution in [-0.4, -0.2) is 4.98 Å². The molecule has 0 unspecified atom stereocenters. The lowest BCUT2D eigenvalue weighted by atomic mass is 10.0. The molecule has 2 heterocycles. The maximum Gasteiger partial charge on any atom is 0.0918 e. The largest absolute Gasteiger partial charge is 0.330 e. The van der Waals surface area contributed by atoms with Crippen molar-refractivity contribution >= 4 is 22.3 Å². The number of benzene rings is 2. The third kappa shape index (κ3) is 2.56. The Kier molecular flexibility index (Phi) is 3.91. The van der Waals surface area contributed by atoms with Crippen molar-refractivity contribution in [3.05, 3.63) is 83.2 Å². The zero-order valence-electron chi connectivity index (χ0n) is 14.8. The fraction of sp³-hybridized carbons (Fsp3) is 0.217. The van der Waals surface area contributed by atoms with Gasteiger partial charge in [0, 0.05) is 29.4 Å². The molecule has 0 radical (unpaired) electrons. The van der Waals surface area contributed by atoms with Crippen molar-refractivity contribution < 1.29 is 0 Å². The van der Waals surface area contributed by atoms with E-state index in [0.29, 0.717) is 0 Å². The van der Waals surface area contributed by atoms with Crippen LogP contribution in [0.3, 0.4) is 0 Å². The Morgan fingerprint density at radius 3 is 2.72 bits per heavy atom. The SMILES string of the molecule is C=C=C1c2cc(CC)ccc2CN1c1ccc2c(CC)ccnc2c1. The topological polar surface area (TPSA) is 16.1 Å². The van der Waals surface area contributed by atoms with E-state index in [1.54, 1.807) is 0 Å². The van der Waals surface area contributed by atoms with Crippen molar-refractivity contribution in [3.8, 4) is 0 Å². The first-order chi connectivity index (χ1) is 12.2. The van der Waals surface area contributed by atoms with Crippen LogP contribution in [0.2, 0.25) is 0 Å². The van der Waals surface area contributed by atoms with Gasteiger partial charge in [-0.3, -0.25) is 4.98 Å². The molecule has 0 spiro atoms. The Morgan fingerprint density at radius 1 is 1.08 bits per heavy atom. The highest BCUT2D eigenvalue weighted by atomic mass is 15.2. The van der Waals surface area contributed by atoms with Crippen LogP contribution in [0.15, 0.2) is 61.0 Å². The van der Waals surface area contributed by atoms with Crippen LogP contribution in [-0.2, 0) is 19.4 Å². The quantitative estimate of drug-likeness (QED) is 0.590. The maximum absolute atomic E-state index is 4.58. The van der Waals surface area contributed by atoms with E-state index in [0.717, 1.165) is 36.3 Å². The Hall–Kier alpha value is -2.83. The Balaban J connectivity index is 1.80. The lowest BCUT2D eigenvalue weighted by Crippen LogP contribution is -2.13. The van der Waals surface area contributed by atoms with E-state index in [1.807, 2.05) is 6.20 Å². The molecular weight excluding hydrogens is 304 g/mol. The molecule has 25 heavy (non-hydrogen) atoms. The smallest absolute Gasteiger partial charge is 0.0918 e. The van der Waals surface area contributed by atoms with Gasteiger partial charge >= 0.3 is 0 Å². The summed E-state index contributed by atoms with van der Waals surface area (Å²) in [5.74, 6) is 0. The second-order valence-electron chi connectivity index (χ2n) is 6.48. The first-order valence-electron chi connectivity index (χ1n) is 8.92. The molecule has 0 saturated carbocycles. The van der Waals surface area contributed by atoms with Crippen LogP contribution >= 0.6 is 0 Å². The Morgan fingerprint density at radius 2 is 1.96 bits per heavy atom. The summed E-state index contributed by atoms with van der Waals surface area (Å²) < 4.78 is 0. The summed E-state index contributed by atoms with van der Waals surface area (Å²) in [7, 11) is 0. The molecule has 124 valence electrons. The van der Waals surface area contributed by atoms with Gasteiger partial charge in [0.15, 0.2) is 0 Å². The highest BCUT2D eigenvalue weighted by molar-refractivity contribution is 5.90. The predicted molar refractivity (Wildman–Crippen MR) is 106 cm³/mol. The van der Waals surface area contributed by atoms with Crippen molar-refractivity contribution in [2.24, 2.45) is 0 Å². The van der Waals surface area contributed by atoms with Gasteiger partial charge in [-0.25, -0.2) is 0 Å². The van der Waals surface area contributed by atoms with Crippen molar-refractivity contribution in [2.45, 2.75) is 33.2 Å². The molecule has 0 amide bonds. The fourth-order valence-corrected chi connectivity index (χ4v) is 3.68. The van der Waals surface area contributed by atoms with Gasteiger partial charge in [-0.2, -0.15) is 0 Å². The molecule has 0 N–H and O–H groups in total. The minimum Gasteiger partial charge on any atom is -0.330 e. The van der Waals surface area contributed by atoms with Gasteiger partial charge in [0.05, 0.1) is 11.2 Å². The van der Waals surface area contributed by atoms with Crippen LogP contribution in [0.1, 0.15) is 36.1 Å². The molecule has 2 aromatic carbocycles. The highest BCUT2D eigenvalue weighted by Gasteiger charge is 2.25. The highest BCUT2D eigenvalue weighted by Crippen LogP contribution is 2.37. The molecule has 0 fully saturated rings. The van der Waals surface area contributed by atoms with E-state index in [-0.39, 0.29) is 0 Å². The third-order valence-corrected chi connectivity index (χ3v) is 5.11. The molecule has 4 rings (SSSR count). The minimum atomic E-state index is 0.857. The second kappa shape index (κ2) is 6.23. The Bertz CT molecular complexity index is 1010. The molecule has 0 atom stereocenters. The van der Waals surface area contributed by atoms with Gasteiger partial charge in [-0.15, -0.1) is 5.73 Å². The number of anilines is 1. The number of rotatable bonds is 3. The van der Waals surface area contributed by atoms with E-state index in [1.165, 1.54) is 27.6 Å². The molecule has 1 aromatic heterocycles. The number of hydrogen-bond donors (Lipinski definition) is 0. The third-order valence-electron chi connectivity index (χ3n) is 5.11.